The summed E-state index contributed by atoms with van der Waals surface area (Å²) >= 11 is 0. The van der Waals surface area contributed by atoms with E-state index in [0.717, 1.165) is 6.42 Å². The fourth-order valence-electron chi connectivity index (χ4n) is 2.75. The third-order valence-electron chi connectivity index (χ3n) is 3.61. The van der Waals surface area contributed by atoms with Gasteiger partial charge in [0.25, 0.3) is 0 Å². The van der Waals surface area contributed by atoms with E-state index in [-0.39, 0.29) is 0 Å². The molecule has 102 valence electrons. The summed E-state index contributed by atoms with van der Waals surface area (Å²) in [6.07, 6.45) is 2.28. The highest BCUT2D eigenvalue weighted by atomic mass is 14.9. The summed E-state index contributed by atoms with van der Waals surface area (Å²) in [6, 6.07) is 15.8. The van der Waals surface area contributed by atoms with Crippen LogP contribution in [-0.2, 0) is 6.42 Å². The second kappa shape index (κ2) is 5.75. The predicted molar refractivity (Wildman–Crippen MR) is 84.6 cm³/mol. The lowest BCUT2D eigenvalue weighted by molar-refractivity contribution is 0.316. The molecule has 2 aromatic rings. The standard InChI is InChI=1S/C18H25N/c1-18(2,3)13-16(19-4)12-15-10-7-9-14-8-5-6-11-17(14)15/h5-11,16,19H,12-13H2,1-4H3. The van der Waals surface area contributed by atoms with Gasteiger partial charge in [0, 0.05) is 6.04 Å². The maximum atomic E-state index is 3.47. The van der Waals surface area contributed by atoms with Crippen molar-refractivity contribution in [1.82, 2.24) is 5.32 Å². The van der Waals surface area contributed by atoms with Crippen molar-refractivity contribution in [1.29, 1.82) is 0 Å². The molecule has 0 aliphatic heterocycles. The molecule has 2 aromatic carbocycles. The van der Waals surface area contributed by atoms with Gasteiger partial charge in [0.05, 0.1) is 0 Å². The number of hydrogen-bond acceptors (Lipinski definition) is 1. The summed E-state index contributed by atoms with van der Waals surface area (Å²) in [4.78, 5) is 0. The van der Waals surface area contributed by atoms with E-state index in [1.807, 2.05) is 0 Å². The molecule has 1 heteroatoms. The minimum atomic E-state index is 0.359. The van der Waals surface area contributed by atoms with E-state index in [9.17, 15) is 0 Å². The van der Waals surface area contributed by atoms with Crippen LogP contribution in [0.3, 0.4) is 0 Å². The van der Waals surface area contributed by atoms with Gasteiger partial charge in [-0.05, 0) is 41.6 Å². The van der Waals surface area contributed by atoms with Gasteiger partial charge in [0.15, 0.2) is 0 Å². The molecule has 0 radical (unpaired) electrons. The van der Waals surface area contributed by atoms with Crippen molar-refractivity contribution in [3.05, 3.63) is 48.0 Å². The van der Waals surface area contributed by atoms with Crippen molar-refractivity contribution in [3.63, 3.8) is 0 Å². The molecule has 0 amide bonds. The van der Waals surface area contributed by atoms with Gasteiger partial charge in [0.2, 0.25) is 0 Å². The second-order valence-electron chi connectivity index (χ2n) is 6.59. The predicted octanol–water partition coefficient (Wildman–Crippen LogP) is 4.41. The molecule has 1 atom stereocenters. The lowest BCUT2D eigenvalue weighted by atomic mass is 9.85. The Balaban J connectivity index is 2.24. The van der Waals surface area contributed by atoms with E-state index in [1.54, 1.807) is 0 Å². The van der Waals surface area contributed by atoms with Crippen molar-refractivity contribution in [2.24, 2.45) is 5.41 Å². The molecule has 0 spiro atoms. The number of likely N-dealkylation sites (N-methyl/N-ethyl adjacent to an activating group) is 1. The van der Waals surface area contributed by atoms with Gasteiger partial charge in [-0.15, -0.1) is 0 Å². The fraction of sp³-hybridized carbons (Fsp3) is 0.444. The number of benzene rings is 2. The van der Waals surface area contributed by atoms with Crippen molar-refractivity contribution in [2.75, 3.05) is 7.05 Å². The number of hydrogen-bond donors (Lipinski definition) is 1. The van der Waals surface area contributed by atoms with E-state index in [2.05, 4.69) is 75.6 Å². The summed E-state index contributed by atoms with van der Waals surface area (Å²) < 4.78 is 0. The molecule has 0 aliphatic rings. The van der Waals surface area contributed by atoms with Crippen LogP contribution in [-0.4, -0.2) is 13.1 Å². The summed E-state index contributed by atoms with van der Waals surface area (Å²) in [5.41, 5.74) is 1.81. The lowest BCUT2D eigenvalue weighted by Crippen LogP contribution is -2.32. The minimum Gasteiger partial charge on any atom is -0.317 e. The van der Waals surface area contributed by atoms with Gasteiger partial charge in [-0.3, -0.25) is 0 Å². The first-order chi connectivity index (χ1) is 8.99. The first kappa shape index (κ1) is 14.1. The SMILES string of the molecule is CNC(Cc1cccc2ccccc12)CC(C)(C)C. The summed E-state index contributed by atoms with van der Waals surface area (Å²) in [7, 11) is 2.07. The van der Waals surface area contributed by atoms with Crippen LogP contribution in [0.2, 0.25) is 0 Å². The van der Waals surface area contributed by atoms with Crippen LogP contribution >= 0.6 is 0 Å². The van der Waals surface area contributed by atoms with Crippen LogP contribution in [0, 0.1) is 5.41 Å². The maximum absolute atomic E-state index is 3.47. The van der Waals surface area contributed by atoms with Crippen LogP contribution in [0.15, 0.2) is 42.5 Å². The molecule has 0 bridgehead atoms. The molecule has 1 unspecified atom stereocenters. The van der Waals surface area contributed by atoms with Crippen LogP contribution in [0.1, 0.15) is 32.8 Å². The van der Waals surface area contributed by atoms with Crippen molar-refractivity contribution in [2.45, 2.75) is 39.7 Å². The quantitative estimate of drug-likeness (QED) is 0.853. The zero-order chi connectivity index (χ0) is 13.9. The summed E-state index contributed by atoms with van der Waals surface area (Å²) in [6.45, 7) is 6.92. The lowest BCUT2D eigenvalue weighted by Gasteiger charge is -2.26. The first-order valence-corrected chi connectivity index (χ1v) is 7.13. The van der Waals surface area contributed by atoms with Crippen LogP contribution in [0.4, 0.5) is 0 Å². The zero-order valence-corrected chi connectivity index (χ0v) is 12.5. The average Bonchev–Trinajstić information content (AvgIpc) is 2.37. The molecule has 1 nitrogen and oxygen atoms in total. The maximum Gasteiger partial charge on any atom is 0.0110 e. The van der Waals surface area contributed by atoms with Crippen molar-refractivity contribution in [3.8, 4) is 0 Å². The Kier molecular flexibility index (Phi) is 4.26. The molecule has 0 aliphatic carbocycles. The van der Waals surface area contributed by atoms with Crippen molar-refractivity contribution >= 4 is 10.8 Å². The van der Waals surface area contributed by atoms with E-state index >= 15 is 0 Å². The summed E-state index contributed by atoms with van der Waals surface area (Å²) in [5.74, 6) is 0. The van der Waals surface area contributed by atoms with Gasteiger partial charge in [-0.1, -0.05) is 63.2 Å². The number of rotatable bonds is 4. The Hall–Kier alpha value is -1.34. The highest BCUT2D eigenvalue weighted by Crippen LogP contribution is 2.25. The van der Waals surface area contributed by atoms with Crippen LogP contribution in [0.5, 0.6) is 0 Å². The Morgan fingerprint density at radius 2 is 1.68 bits per heavy atom. The van der Waals surface area contributed by atoms with E-state index in [0.29, 0.717) is 11.5 Å². The smallest absolute Gasteiger partial charge is 0.0110 e. The fourth-order valence-corrected chi connectivity index (χ4v) is 2.75. The molecule has 0 saturated carbocycles. The highest BCUT2D eigenvalue weighted by Gasteiger charge is 2.18. The second-order valence-corrected chi connectivity index (χ2v) is 6.59. The molecule has 0 fully saturated rings. The van der Waals surface area contributed by atoms with Gasteiger partial charge >= 0.3 is 0 Å². The van der Waals surface area contributed by atoms with Crippen molar-refractivity contribution < 1.29 is 0 Å². The third kappa shape index (κ3) is 3.81. The molecule has 19 heavy (non-hydrogen) atoms. The number of fused-ring (bicyclic) bond motifs is 1. The van der Waals surface area contributed by atoms with Crippen LogP contribution in [0.25, 0.3) is 10.8 Å². The minimum absolute atomic E-state index is 0.359. The summed E-state index contributed by atoms with van der Waals surface area (Å²) in [5, 5.41) is 6.20. The van der Waals surface area contributed by atoms with Crippen LogP contribution < -0.4 is 5.32 Å². The molecule has 2 rings (SSSR count). The Morgan fingerprint density at radius 1 is 1.00 bits per heavy atom. The Bertz CT molecular complexity index is 531. The molecular weight excluding hydrogens is 230 g/mol. The Labute approximate surface area is 117 Å². The molecule has 0 saturated heterocycles. The molecule has 0 heterocycles. The average molecular weight is 255 g/mol. The van der Waals surface area contributed by atoms with Gasteiger partial charge in [0.1, 0.15) is 0 Å². The van der Waals surface area contributed by atoms with E-state index in [4.69, 9.17) is 0 Å². The topological polar surface area (TPSA) is 12.0 Å². The van der Waals surface area contributed by atoms with Gasteiger partial charge in [-0.2, -0.15) is 0 Å². The third-order valence-corrected chi connectivity index (χ3v) is 3.61. The monoisotopic (exact) mass is 255 g/mol. The number of nitrogens with one attached hydrogen (secondary N) is 1. The van der Waals surface area contributed by atoms with E-state index < -0.39 is 0 Å². The first-order valence-electron chi connectivity index (χ1n) is 7.13. The largest absolute Gasteiger partial charge is 0.317 e. The molecule has 0 aromatic heterocycles. The van der Waals surface area contributed by atoms with Gasteiger partial charge in [-0.25, -0.2) is 0 Å². The normalized spacial score (nSPS) is 13.7. The van der Waals surface area contributed by atoms with Gasteiger partial charge < -0.3 is 5.32 Å². The molecule has 1 N–H and O–H groups in total. The molecular formula is C18H25N. The Morgan fingerprint density at radius 3 is 2.37 bits per heavy atom. The highest BCUT2D eigenvalue weighted by molar-refractivity contribution is 5.85. The van der Waals surface area contributed by atoms with E-state index in [1.165, 1.54) is 22.8 Å². The zero-order valence-electron chi connectivity index (χ0n) is 12.5.